The van der Waals surface area contributed by atoms with E-state index in [2.05, 4.69) is 29.8 Å². The van der Waals surface area contributed by atoms with E-state index in [1.54, 1.807) is 21.3 Å². The van der Waals surface area contributed by atoms with Crippen LogP contribution in [0.3, 0.4) is 0 Å². The molecule has 2 aromatic carbocycles. The number of likely N-dealkylation sites (tertiary alicyclic amines) is 1. The second kappa shape index (κ2) is 8.40. The number of benzene rings is 2. The minimum Gasteiger partial charge on any atom is -0.497 e. The Morgan fingerprint density at radius 1 is 1.07 bits per heavy atom. The third kappa shape index (κ3) is 3.31. The molecule has 158 valence electrons. The molecule has 4 rings (SSSR count). The molecule has 30 heavy (non-hydrogen) atoms. The molecule has 1 saturated heterocycles. The minimum absolute atomic E-state index is 0.00958. The van der Waals surface area contributed by atoms with Gasteiger partial charge in [0.2, 0.25) is 5.91 Å². The van der Waals surface area contributed by atoms with Crippen LogP contribution < -0.4 is 9.47 Å². The number of ether oxygens (including phenoxy) is 3. The van der Waals surface area contributed by atoms with Gasteiger partial charge < -0.3 is 23.7 Å². The smallest absolute Gasteiger partial charge is 0.223 e. The maximum atomic E-state index is 12.7. The van der Waals surface area contributed by atoms with Crippen LogP contribution in [0.15, 0.2) is 42.5 Å². The van der Waals surface area contributed by atoms with Crippen LogP contribution >= 0.6 is 0 Å². The number of methoxy groups -OCH3 is 3. The van der Waals surface area contributed by atoms with E-state index in [1.807, 2.05) is 29.2 Å². The zero-order valence-corrected chi connectivity index (χ0v) is 18.0. The lowest BCUT2D eigenvalue weighted by Gasteiger charge is -2.26. The Hall–Kier alpha value is -2.99. The zero-order valence-electron chi connectivity index (χ0n) is 18.0. The number of carbonyl (C=O) groups is 1. The molecule has 0 aliphatic carbocycles. The number of hydrogen-bond acceptors (Lipinski definition) is 4. The second-order valence-corrected chi connectivity index (χ2v) is 7.54. The molecule has 1 aromatic heterocycles. The van der Waals surface area contributed by atoms with Gasteiger partial charge in [-0.2, -0.15) is 0 Å². The predicted octanol–water partition coefficient (Wildman–Crippen LogP) is 4.17. The van der Waals surface area contributed by atoms with Crippen LogP contribution in [0.25, 0.3) is 22.2 Å². The minimum atomic E-state index is -0.00958. The molecule has 0 radical (unpaired) electrons. The number of rotatable bonds is 7. The van der Waals surface area contributed by atoms with Crippen molar-refractivity contribution in [1.82, 2.24) is 9.47 Å². The fraction of sp³-hybridized carbons (Fsp3) is 0.375. The Morgan fingerprint density at radius 2 is 1.87 bits per heavy atom. The van der Waals surface area contributed by atoms with Gasteiger partial charge in [0, 0.05) is 49.2 Å². The van der Waals surface area contributed by atoms with Gasteiger partial charge in [-0.3, -0.25) is 4.79 Å². The molecular weight excluding hydrogens is 380 g/mol. The number of amides is 1. The largest absolute Gasteiger partial charge is 0.497 e. The molecule has 0 saturated carbocycles. The number of para-hydroxylation sites is 1. The highest BCUT2D eigenvalue weighted by atomic mass is 16.5. The van der Waals surface area contributed by atoms with Gasteiger partial charge in [-0.15, -0.1) is 0 Å². The summed E-state index contributed by atoms with van der Waals surface area (Å²) in [6.07, 6.45) is 1.34. The van der Waals surface area contributed by atoms with Crippen LogP contribution in [0.2, 0.25) is 0 Å². The molecule has 2 heterocycles. The summed E-state index contributed by atoms with van der Waals surface area (Å²) in [5.41, 5.74) is 4.28. The van der Waals surface area contributed by atoms with Crippen molar-refractivity contribution >= 4 is 16.8 Å². The van der Waals surface area contributed by atoms with E-state index in [4.69, 9.17) is 14.2 Å². The van der Waals surface area contributed by atoms with Crippen molar-refractivity contribution in [2.45, 2.75) is 18.9 Å². The van der Waals surface area contributed by atoms with Gasteiger partial charge in [0.15, 0.2) is 0 Å². The maximum absolute atomic E-state index is 12.7. The average molecular weight is 408 g/mol. The molecule has 1 amide bonds. The van der Waals surface area contributed by atoms with Crippen LogP contribution in [0.1, 0.15) is 24.4 Å². The first-order valence-electron chi connectivity index (χ1n) is 10.2. The summed E-state index contributed by atoms with van der Waals surface area (Å²) in [6, 6.07) is 14.2. The van der Waals surface area contributed by atoms with Gasteiger partial charge in [-0.1, -0.05) is 18.2 Å². The van der Waals surface area contributed by atoms with E-state index in [-0.39, 0.29) is 11.9 Å². The standard InChI is InChI=1S/C24H28N2O4/c1-25-19-8-6-5-7-17(19)23(20-10-12-22(27)26(20)13-14-28-2)24(25)18-15-16(29-3)9-11-21(18)30-4/h5-9,11,15,20H,10,12-14H2,1-4H3. The van der Waals surface area contributed by atoms with Crippen LogP contribution in [-0.4, -0.2) is 49.9 Å². The number of hydrogen-bond donors (Lipinski definition) is 0. The predicted molar refractivity (Wildman–Crippen MR) is 117 cm³/mol. The summed E-state index contributed by atoms with van der Waals surface area (Å²) >= 11 is 0. The summed E-state index contributed by atoms with van der Waals surface area (Å²) in [4.78, 5) is 14.7. The molecule has 0 spiro atoms. The van der Waals surface area contributed by atoms with Crippen molar-refractivity contribution in [2.75, 3.05) is 34.5 Å². The maximum Gasteiger partial charge on any atom is 0.223 e. The van der Waals surface area contributed by atoms with Crippen LogP contribution in [0.4, 0.5) is 0 Å². The van der Waals surface area contributed by atoms with E-state index >= 15 is 0 Å². The number of carbonyl (C=O) groups excluding carboxylic acids is 1. The van der Waals surface area contributed by atoms with Crippen molar-refractivity contribution < 1.29 is 19.0 Å². The Bertz CT molecular complexity index is 1070. The van der Waals surface area contributed by atoms with E-state index < -0.39 is 0 Å². The second-order valence-electron chi connectivity index (χ2n) is 7.54. The molecule has 1 aliphatic rings. The molecule has 1 atom stereocenters. The van der Waals surface area contributed by atoms with Gasteiger partial charge in [-0.25, -0.2) is 0 Å². The number of fused-ring (bicyclic) bond motifs is 1. The van der Waals surface area contributed by atoms with Crippen molar-refractivity contribution in [1.29, 1.82) is 0 Å². The monoisotopic (exact) mass is 408 g/mol. The molecule has 3 aromatic rings. The van der Waals surface area contributed by atoms with E-state index in [9.17, 15) is 4.79 Å². The normalized spacial score (nSPS) is 16.5. The number of aryl methyl sites for hydroxylation is 1. The fourth-order valence-electron chi connectivity index (χ4n) is 4.59. The van der Waals surface area contributed by atoms with E-state index in [1.165, 1.54) is 0 Å². The Morgan fingerprint density at radius 3 is 2.60 bits per heavy atom. The van der Waals surface area contributed by atoms with Gasteiger partial charge in [0.05, 0.1) is 32.6 Å². The zero-order chi connectivity index (χ0) is 21.3. The molecular formula is C24H28N2O4. The summed E-state index contributed by atoms with van der Waals surface area (Å²) < 4.78 is 18.7. The molecule has 1 unspecified atom stereocenters. The van der Waals surface area contributed by atoms with Gasteiger partial charge in [-0.05, 0) is 30.7 Å². The van der Waals surface area contributed by atoms with E-state index in [0.29, 0.717) is 19.6 Å². The third-order valence-electron chi connectivity index (χ3n) is 6.01. The Kier molecular flexibility index (Phi) is 5.68. The van der Waals surface area contributed by atoms with Crippen molar-refractivity contribution in [3.8, 4) is 22.8 Å². The first kappa shape index (κ1) is 20.3. The van der Waals surface area contributed by atoms with Gasteiger partial charge in [0.1, 0.15) is 11.5 Å². The summed E-state index contributed by atoms with van der Waals surface area (Å²) in [5.74, 6) is 1.71. The van der Waals surface area contributed by atoms with E-state index in [0.717, 1.165) is 45.6 Å². The molecule has 6 nitrogen and oxygen atoms in total. The lowest BCUT2D eigenvalue weighted by Crippen LogP contribution is -2.31. The highest BCUT2D eigenvalue weighted by molar-refractivity contribution is 5.95. The van der Waals surface area contributed by atoms with Gasteiger partial charge >= 0.3 is 0 Å². The summed E-state index contributed by atoms with van der Waals surface area (Å²) in [6.45, 7) is 1.10. The Balaban J connectivity index is 1.98. The van der Waals surface area contributed by atoms with Crippen molar-refractivity contribution in [3.05, 3.63) is 48.0 Å². The highest BCUT2D eigenvalue weighted by Gasteiger charge is 2.36. The molecule has 6 heteroatoms. The van der Waals surface area contributed by atoms with Crippen LogP contribution in [-0.2, 0) is 16.6 Å². The first-order chi connectivity index (χ1) is 14.6. The molecule has 0 bridgehead atoms. The SMILES string of the molecule is COCCN1C(=O)CCC1c1c(-c2cc(OC)ccc2OC)n(C)c2ccccc12. The summed E-state index contributed by atoms with van der Waals surface area (Å²) in [7, 11) is 7.07. The highest BCUT2D eigenvalue weighted by Crippen LogP contribution is 2.46. The van der Waals surface area contributed by atoms with Crippen molar-refractivity contribution in [2.24, 2.45) is 7.05 Å². The Labute approximate surface area is 176 Å². The quantitative estimate of drug-likeness (QED) is 0.589. The molecule has 1 aliphatic heterocycles. The molecule has 1 fully saturated rings. The average Bonchev–Trinajstić information content (AvgIpc) is 3.28. The first-order valence-corrected chi connectivity index (χ1v) is 10.2. The van der Waals surface area contributed by atoms with Crippen LogP contribution in [0, 0.1) is 0 Å². The third-order valence-corrected chi connectivity index (χ3v) is 6.01. The number of nitrogens with zero attached hydrogens (tertiary/aromatic N) is 2. The fourth-order valence-corrected chi connectivity index (χ4v) is 4.59. The number of aromatic nitrogens is 1. The van der Waals surface area contributed by atoms with Crippen molar-refractivity contribution in [3.63, 3.8) is 0 Å². The van der Waals surface area contributed by atoms with Gasteiger partial charge in [0.25, 0.3) is 0 Å². The molecule has 0 N–H and O–H groups in total. The topological polar surface area (TPSA) is 52.9 Å². The lowest BCUT2D eigenvalue weighted by atomic mass is 9.96. The summed E-state index contributed by atoms with van der Waals surface area (Å²) in [5, 5.41) is 1.15. The van der Waals surface area contributed by atoms with Crippen LogP contribution in [0.5, 0.6) is 11.5 Å². The lowest BCUT2D eigenvalue weighted by molar-refractivity contribution is -0.129.